The van der Waals surface area contributed by atoms with Crippen LogP contribution in [0.5, 0.6) is 11.6 Å². The smallest absolute Gasteiger partial charge is 0.236 e. The van der Waals surface area contributed by atoms with Crippen LogP contribution in [-0.2, 0) is 5.41 Å². The van der Waals surface area contributed by atoms with Crippen LogP contribution in [-0.4, -0.2) is 19.5 Å². The Bertz CT molecular complexity index is 4270. The topological polar surface area (TPSA) is 66.0 Å². The number of thiophene rings is 1. The molecule has 0 unspecified atom stereocenters. The molecule has 15 rings (SSSR count). The van der Waals surface area contributed by atoms with Crippen LogP contribution in [0.15, 0.2) is 174 Å². The molecule has 0 spiro atoms. The third-order valence-corrected chi connectivity index (χ3v) is 15.2. The highest BCUT2D eigenvalue weighted by molar-refractivity contribution is 7.25. The number of nitrogens with zero attached hydrogens (tertiary/aromatic N) is 4. The van der Waals surface area contributed by atoms with Gasteiger partial charge in [-0.2, -0.15) is 0 Å². The van der Waals surface area contributed by atoms with Crippen molar-refractivity contribution in [3.63, 3.8) is 0 Å². The third-order valence-electron chi connectivity index (χ3n) is 14.1. The van der Waals surface area contributed by atoms with Crippen LogP contribution in [0.1, 0.15) is 25.0 Å². The molecule has 0 atom stereocenters. The lowest BCUT2D eigenvalue weighted by Gasteiger charge is -2.26. The van der Waals surface area contributed by atoms with Crippen LogP contribution in [0.4, 0.5) is 0 Å². The lowest BCUT2D eigenvalue weighted by molar-refractivity contribution is 0.467. The molecule has 5 aromatic heterocycles. The van der Waals surface area contributed by atoms with E-state index in [0.717, 1.165) is 71.8 Å². The van der Waals surface area contributed by atoms with E-state index < -0.39 is 0 Å². The second-order valence-corrected chi connectivity index (χ2v) is 19.0. The number of fused-ring (bicyclic) bond motifs is 15. The Balaban J connectivity index is 0.923. The molecule has 6 heterocycles. The Hall–Kier alpha value is -8.13. The molecular weight excluding hydrogens is 817 g/mol. The number of benzene rings is 8. The van der Waals surface area contributed by atoms with Crippen LogP contribution in [0.3, 0.4) is 0 Å². The molecule has 0 N–H and O–H groups in total. The van der Waals surface area contributed by atoms with Crippen LogP contribution < -0.4 is 4.74 Å². The van der Waals surface area contributed by atoms with E-state index in [4.69, 9.17) is 19.1 Å². The van der Waals surface area contributed by atoms with E-state index in [1.807, 2.05) is 24.3 Å². The third kappa shape index (κ3) is 4.69. The fourth-order valence-electron chi connectivity index (χ4n) is 11.2. The van der Waals surface area contributed by atoms with E-state index in [2.05, 4.69) is 163 Å². The summed E-state index contributed by atoms with van der Waals surface area (Å²) in [4.78, 5) is 15.5. The van der Waals surface area contributed by atoms with Crippen LogP contribution in [0.25, 0.3) is 125 Å². The van der Waals surface area contributed by atoms with Gasteiger partial charge in [0.15, 0.2) is 5.58 Å². The van der Waals surface area contributed by atoms with Gasteiger partial charge >= 0.3 is 0 Å². The molecule has 0 saturated heterocycles. The highest BCUT2D eigenvalue weighted by Gasteiger charge is 2.39. The number of furan rings is 1. The highest BCUT2D eigenvalue weighted by Crippen LogP contribution is 2.57. The van der Waals surface area contributed by atoms with E-state index >= 15 is 0 Å². The van der Waals surface area contributed by atoms with Gasteiger partial charge in [-0.15, -0.1) is 11.3 Å². The quantitative estimate of drug-likeness (QED) is 0.177. The number of aromatic nitrogens is 4. The maximum Gasteiger partial charge on any atom is 0.236 e. The molecule has 1 aliphatic carbocycles. The summed E-state index contributed by atoms with van der Waals surface area (Å²) in [6.45, 7) is 4.73. The number of hydrogen-bond acceptors (Lipinski definition) is 6. The summed E-state index contributed by atoms with van der Waals surface area (Å²) in [6, 6.07) is 58.7. The molecule has 8 aromatic carbocycles. The first-order chi connectivity index (χ1) is 32.0. The summed E-state index contributed by atoms with van der Waals surface area (Å²) < 4.78 is 17.7. The van der Waals surface area contributed by atoms with Crippen molar-refractivity contribution in [1.29, 1.82) is 0 Å². The molecule has 2 aliphatic rings. The zero-order valence-electron chi connectivity index (χ0n) is 35.2. The van der Waals surface area contributed by atoms with Gasteiger partial charge in [-0.25, -0.2) is 15.0 Å². The molecule has 304 valence electrons. The molecule has 1 aliphatic heterocycles. The van der Waals surface area contributed by atoms with Gasteiger partial charge in [0.25, 0.3) is 0 Å². The predicted molar refractivity (Wildman–Crippen MR) is 266 cm³/mol. The second kappa shape index (κ2) is 12.5. The minimum atomic E-state index is -0.252. The SMILES string of the molecule is CC1(C)c2cc(-c3ccc4c(c3)c3ccccc3n4-c3nc(-c4cccc5sc6ccccc6c45)c4oc5ccccc5c4n3)ccc2-c2cc3c4c(cccc4c21)Oc1ncccc1-3. The summed E-state index contributed by atoms with van der Waals surface area (Å²) >= 11 is 1.81. The van der Waals surface area contributed by atoms with Gasteiger partial charge in [0.05, 0.1) is 11.0 Å². The molecule has 7 heteroatoms. The molecule has 0 saturated carbocycles. The number of pyridine rings is 1. The van der Waals surface area contributed by atoms with Crippen LogP contribution >= 0.6 is 11.3 Å². The molecule has 0 radical (unpaired) electrons. The zero-order chi connectivity index (χ0) is 42.7. The van der Waals surface area contributed by atoms with Gasteiger partial charge in [0.1, 0.15) is 22.5 Å². The number of ether oxygens (including phenoxy) is 1. The van der Waals surface area contributed by atoms with Crippen LogP contribution in [0.2, 0.25) is 0 Å². The van der Waals surface area contributed by atoms with E-state index in [0.29, 0.717) is 17.4 Å². The van der Waals surface area contributed by atoms with Crippen molar-refractivity contribution in [1.82, 2.24) is 19.5 Å². The molecule has 0 bridgehead atoms. The predicted octanol–water partition coefficient (Wildman–Crippen LogP) is 15.8. The first kappa shape index (κ1) is 35.3. The summed E-state index contributed by atoms with van der Waals surface area (Å²) in [5, 5.41) is 8.03. The second-order valence-electron chi connectivity index (χ2n) is 17.9. The van der Waals surface area contributed by atoms with Crippen molar-refractivity contribution >= 4 is 86.2 Å². The first-order valence-corrected chi connectivity index (χ1v) is 22.8. The lowest BCUT2D eigenvalue weighted by Crippen LogP contribution is -2.16. The fraction of sp³-hybridized carbons (Fsp3) is 0.0517. The average Bonchev–Trinajstić information content (AvgIpc) is 4.07. The Morgan fingerprint density at radius 2 is 1.29 bits per heavy atom. The summed E-state index contributed by atoms with van der Waals surface area (Å²) in [6.07, 6.45) is 1.80. The largest absolute Gasteiger partial charge is 0.452 e. The normalized spacial score (nSPS) is 13.6. The summed E-state index contributed by atoms with van der Waals surface area (Å²) in [5.41, 5.74) is 15.7. The molecule has 6 nitrogen and oxygen atoms in total. The summed E-state index contributed by atoms with van der Waals surface area (Å²) in [7, 11) is 0. The van der Waals surface area contributed by atoms with E-state index in [-0.39, 0.29) is 5.41 Å². The van der Waals surface area contributed by atoms with E-state index in [9.17, 15) is 0 Å². The molecule has 65 heavy (non-hydrogen) atoms. The van der Waals surface area contributed by atoms with Gasteiger partial charge in [0.2, 0.25) is 11.8 Å². The van der Waals surface area contributed by atoms with Gasteiger partial charge in [-0.3, -0.25) is 4.57 Å². The zero-order valence-corrected chi connectivity index (χ0v) is 36.0. The maximum absolute atomic E-state index is 6.67. The maximum atomic E-state index is 6.67. The minimum absolute atomic E-state index is 0.252. The van der Waals surface area contributed by atoms with E-state index in [1.54, 1.807) is 17.5 Å². The number of para-hydroxylation sites is 2. The Labute approximate surface area is 375 Å². The molecular formula is C58H34N4O2S. The highest BCUT2D eigenvalue weighted by atomic mass is 32.1. The lowest BCUT2D eigenvalue weighted by atomic mass is 9.78. The van der Waals surface area contributed by atoms with Crippen molar-refractivity contribution in [3.8, 4) is 62.2 Å². The van der Waals surface area contributed by atoms with Crippen molar-refractivity contribution in [2.75, 3.05) is 0 Å². The van der Waals surface area contributed by atoms with Gasteiger partial charge in [0, 0.05) is 64.5 Å². The Kier molecular flexibility index (Phi) is 6.81. The van der Waals surface area contributed by atoms with Crippen molar-refractivity contribution in [2.24, 2.45) is 0 Å². The van der Waals surface area contributed by atoms with Gasteiger partial charge < -0.3 is 9.15 Å². The summed E-state index contributed by atoms with van der Waals surface area (Å²) in [5.74, 6) is 2.12. The molecule has 0 fully saturated rings. The minimum Gasteiger partial charge on any atom is -0.452 e. The van der Waals surface area contributed by atoms with Crippen LogP contribution in [0, 0.1) is 0 Å². The van der Waals surface area contributed by atoms with Gasteiger partial charge in [-0.1, -0.05) is 105 Å². The average molecular weight is 851 g/mol. The first-order valence-electron chi connectivity index (χ1n) is 22.0. The number of rotatable bonds is 3. The van der Waals surface area contributed by atoms with Gasteiger partial charge in [-0.05, 0) is 117 Å². The standard InChI is InChI=1S/C58H34N4O2S/c1-58(2)43-29-32(23-25-33(43)42-30-41-35-17-11-27-59-56(35)64-47-20-9-15-38(50(41)47)52(42)58)31-24-26-45-40(28-31)34-12-3-6-18-44(34)62(45)57-60-53-36-13-4-7-19-46(36)63-55(53)54(61-57)39-16-10-22-49-51(39)37-14-5-8-21-48(37)65-49/h3-30H,1-2H3. The number of hydrogen-bond donors (Lipinski definition) is 0. The monoisotopic (exact) mass is 850 g/mol. The molecule has 0 amide bonds. The van der Waals surface area contributed by atoms with Crippen molar-refractivity contribution < 1.29 is 9.15 Å². The Morgan fingerprint density at radius 1 is 0.538 bits per heavy atom. The van der Waals surface area contributed by atoms with Crippen molar-refractivity contribution in [3.05, 3.63) is 181 Å². The van der Waals surface area contributed by atoms with Crippen molar-refractivity contribution in [2.45, 2.75) is 19.3 Å². The fourth-order valence-corrected chi connectivity index (χ4v) is 12.4. The van der Waals surface area contributed by atoms with E-state index in [1.165, 1.54) is 58.9 Å². The molecule has 13 aromatic rings. The Morgan fingerprint density at radius 3 is 2.23 bits per heavy atom.